The Bertz CT molecular complexity index is 1160. The van der Waals surface area contributed by atoms with Gasteiger partial charge in [0, 0.05) is 21.2 Å². The molecule has 0 unspecified atom stereocenters. The van der Waals surface area contributed by atoms with Gasteiger partial charge in [0.25, 0.3) is 5.91 Å². The zero-order valence-electron chi connectivity index (χ0n) is 16.6. The molecule has 158 valence electrons. The topological polar surface area (TPSA) is 66.8 Å². The van der Waals surface area contributed by atoms with Gasteiger partial charge in [-0.1, -0.05) is 41.4 Å². The summed E-state index contributed by atoms with van der Waals surface area (Å²) in [4.78, 5) is 27.8. The summed E-state index contributed by atoms with van der Waals surface area (Å²) in [6.45, 7) is 0.159. The summed E-state index contributed by atoms with van der Waals surface area (Å²) >= 11 is 12.4. The van der Waals surface area contributed by atoms with Crippen molar-refractivity contribution in [2.24, 2.45) is 0 Å². The zero-order valence-corrected chi connectivity index (χ0v) is 18.2. The van der Waals surface area contributed by atoms with E-state index in [1.165, 1.54) is 18.1 Å². The van der Waals surface area contributed by atoms with Gasteiger partial charge >= 0.3 is 0 Å². The van der Waals surface area contributed by atoms with Crippen LogP contribution in [0.15, 0.2) is 66.7 Å². The molecule has 0 aliphatic carbocycles. The Morgan fingerprint density at radius 2 is 1.77 bits per heavy atom. The molecule has 0 aromatic heterocycles. The van der Waals surface area contributed by atoms with Gasteiger partial charge < -0.3 is 14.7 Å². The molecule has 3 aromatic rings. The van der Waals surface area contributed by atoms with Crippen LogP contribution in [0.1, 0.15) is 27.9 Å². The van der Waals surface area contributed by atoms with E-state index in [0.717, 1.165) is 5.56 Å². The predicted octanol–water partition coefficient (Wildman–Crippen LogP) is 5.01. The van der Waals surface area contributed by atoms with Crippen LogP contribution in [0.3, 0.4) is 0 Å². The third-order valence-corrected chi connectivity index (χ3v) is 6.01. The molecule has 5 nitrogen and oxygen atoms in total. The number of ether oxygens (including phenoxy) is 1. The van der Waals surface area contributed by atoms with Gasteiger partial charge in [-0.3, -0.25) is 9.59 Å². The summed E-state index contributed by atoms with van der Waals surface area (Å²) in [7, 11) is 1.53. The van der Waals surface area contributed by atoms with E-state index in [2.05, 4.69) is 0 Å². The van der Waals surface area contributed by atoms with Gasteiger partial charge in [-0.25, -0.2) is 0 Å². The van der Waals surface area contributed by atoms with Crippen LogP contribution < -0.4 is 9.64 Å². The molecule has 0 radical (unpaired) electrons. The predicted molar refractivity (Wildman–Crippen MR) is 120 cm³/mol. The average molecular weight is 456 g/mol. The number of Topliss-reactive ketones (excluding diaryl/α,β-unsaturated/α-hetero) is 1. The summed E-state index contributed by atoms with van der Waals surface area (Å²) in [5.41, 5.74) is -0.129. The standard InChI is InChI=1S/C24H19Cl2NO4/c1-31-18-9-6-15(7-10-18)22(28)13-24(30)19-12-17(25)8-11-21(19)27(23(24)29)14-16-4-2-3-5-20(16)26/h2-12,30H,13-14H2,1H3/t24-/m1/s1. The number of nitrogens with zero attached hydrogens (tertiary/aromatic N) is 1. The SMILES string of the molecule is COc1ccc(C(=O)C[C@]2(O)C(=O)N(Cc3ccccc3Cl)c3ccc(Cl)cc32)cc1. The monoisotopic (exact) mass is 455 g/mol. The Balaban J connectivity index is 1.70. The Morgan fingerprint density at radius 3 is 2.45 bits per heavy atom. The number of methoxy groups -OCH3 is 1. The Kier molecular flexibility index (Phi) is 5.75. The van der Waals surface area contributed by atoms with E-state index >= 15 is 0 Å². The lowest BCUT2D eigenvalue weighted by Gasteiger charge is -2.23. The Morgan fingerprint density at radius 1 is 1.06 bits per heavy atom. The van der Waals surface area contributed by atoms with Crippen molar-refractivity contribution in [3.63, 3.8) is 0 Å². The summed E-state index contributed by atoms with van der Waals surface area (Å²) in [6.07, 6.45) is -0.412. The van der Waals surface area contributed by atoms with Crippen LogP contribution in [0, 0.1) is 0 Å². The lowest BCUT2D eigenvalue weighted by Crippen LogP contribution is -2.41. The van der Waals surface area contributed by atoms with Crippen LogP contribution in [0.25, 0.3) is 0 Å². The van der Waals surface area contributed by atoms with E-state index in [4.69, 9.17) is 27.9 Å². The van der Waals surface area contributed by atoms with Crippen LogP contribution in [-0.2, 0) is 16.9 Å². The van der Waals surface area contributed by atoms with Crippen molar-refractivity contribution in [2.45, 2.75) is 18.6 Å². The van der Waals surface area contributed by atoms with E-state index in [1.807, 2.05) is 12.1 Å². The molecule has 0 spiro atoms. The van der Waals surface area contributed by atoms with E-state index in [0.29, 0.717) is 32.6 Å². The molecule has 1 aliphatic heterocycles. The van der Waals surface area contributed by atoms with Gasteiger partial charge in [0.15, 0.2) is 11.4 Å². The zero-order chi connectivity index (χ0) is 22.2. The third-order valence-electron chi connectivity index (χ3n) is 5.41. The molecule has 31 heavy (non-hydrogen) atoms. The van der Waals surface area contributed by atoms with Crippen LogP contribution in [0.5, 0.6) is 5.75 Å². The molecule has 1 heterocycles. The van der Waals surface area contributed by atoms with Gasteiger partial charge in [0.1, 0.15) is 5.75 Å². The lowest BCUT2D eigenvalue weighted by atomic mass is 9.88. The van der Waals surface area contributed by atoms with Crippen LogP contribution in [0.2, 0.25) is 10.0 Å². The molecule has 0 saturated heterocycles. The maximum atomic E-state index is 13.4. The minimum absolute atomic E-state index is 0.159. The molecular formula is C24H19Cl2NO4. The normalized spacial score (nSPS) is 17.5. The molecule has 0 fully saturated rings. The summed E-state index contributed by atoms with van der Waals surface area (Å²) in [6, 6.07) is 18.5. The number of carbonyl (C=O) groups is 2. The number of carbonyl (C=O) groups excluding carboxylic acids is 2. The first kappa shape index (κ1) is 21.4. The molecule has 4 rings (SSSR count). The number of ketones is 1. The minimum atomic E-state index is -2.03. The van der Waals surface area contributed by atoms with Gasteiger partial charge in [-0.2, -0.15) is 0 Å². The van der Waals surface area contributed by atoms with E-state index in [-0.39, 0.29) is 12.3 Å². The van der Waals surface area contributed by atoms with Crippen LogP contribution in [-0.4, -0.2) is 23.9 Å². The van der Waals surface area contributed by atoms with Crippen LogP contribution in [0.4, 0.5) is 5.69 Å². The number of halogens is 2. The number of rotatable bonds is 6. The van der Waals surface area contributed by atoms with Crippen molar-refractivity contribution in [2.75, 3.05) is 12.0 Å². The molecule has 1 atom stereocenters. The summed E-state index contributed by atoms with van der Waals surface area (Å²) in [5.74, 6) is -0.356. The van der Waals surface area contributed by atoms with Gasteiger partial charge in [-0.15, -0.1) is 0 Å². The fraction of sp³-hybridized carbons (Fsp3) is 0.167. The molecule has 1 amide bonds. The highest BCUT2D eigenvalue weighted by atomic mass is 35.5. The third kappa shape index (κ3) is 3.92. The van der Waals surface area contributed by atoms with Crippen molar-refractivity contribution in [3.8, 4) is 5.75 Å². The number of fused-ring (bicyclic) bond motifs is 1. The first-order valence-electron chi connectivity index (χ1n) is 9.58. The second-order valence-electron chi connectivity index (χ2n) is 7.33. The summed E-state index contributed by atoms with van der Waals surface area (Å²) < 4.78 is 5.11. The second kappa shape index (κ2) is 8.35. The Hall–Kier alpha value is -2.86. The number of hydrogen-bond donors (Lipinski definition) is 1. The second-order valence-corrected chi connectivity index (χ2v) is 8.18. The summed E-state index contributed by atoms with van der Waals surface area (Å²) in [5, 5.41) is 12.3. The van der Waals surface area contributed by atoms with Gasteiger partial charge in [0.05, 0.1) is 25.8 Å². The lowest BCUT2D eigenvalue weighted by molar-refractivity contribution is -0.136. The molecule has 1 aliphatic rings. The van der Waals surface area contributed by atoms with Crippen molar-refractivity contribution in [3.05, 3.63) is 93.5 Å². The van der Waals surface area contributed by atoms with E-state index in [9.17, 15) is 14.7 Å². The molecule has 7 heteroatoms. The van der Waals surface area contributed by atoms with Gasteiger partial charge in [-0.05, 0) is 54.1 Å². The highest BCUT2D eigenvalue weighted by Crippen LogP contribution is 2.45. The highest BCUT2D eigenvalue weighted by Gasteiger charge is 2.51. The van der Waals surface area contributed by atoms with Gasteiger partial charge in [0.2, 0.25) is 0 Å². The molecule has 1 N–H and O–H groups in total. The number of aliphatic hydroxyl groups is 1. The fourth-order valence-electron chi connectivity index (χ4n) is 3.76. The largest absolute Gasteiger partial charge is 0.497 e. The van der Waals surface area contributed by atoms with E-state index < -0.39 is 17.9 Å². The first-order valence-corrected chi connectivity index (χ1v) is 10.3. The number of benzene rings is 3. The Labute approximate surface area is 189 Å². The maximum absolute atomic E-state index is 13.4. The quantitative estimate of drug-likeness (QED) is 0.530. The van der Waals surface area contributed by atoms with Crippen LogP contribution >= 0.6 is 23.2 Å². The number of anilines is 1. The van der Waals surface area contributed by atoms with Crippen molar-refractivity contribution in [1.29, 1.82) is 0 Å². The molecule has 3 aromatic carbocycles. The molecule has 0 bridgehead atoms. The molecule has 0 saturated carbocycles. The molecular weight excluding hydrogens is 437 g/mol. The number of hydrogen-bond acceptors (Lipinski definition) is 4. The maximum Gasteiger partial charge on any atom is 0.264 e. The highest BCUT2D eigenvalue weighted by molar-refractivity contribution is 6.31. The fourth-order valence-corrected chi connectivity index (χ4v) is 4.13. The first-order chi connectivity index (χ1) is 14.8. The van der Waals surface area contributed by atoms with Crippen molar-refractivity contribution >= 4 is 40.6 Å². The smallest absolute Gasteiger partial charge is 0.264 e. The minimum Gasteiger partial charge on any atom is -0.497 e. The van der Waals surface area contributed by atoms with Crippen molar-refractivity contribution < 1.29 is 19.4 Å². The average Bonchev–Trinajstić information content (AvgIpc) is 2.96. The van der Waals surface area contributed by atoms with E-state index in [1.54, 1.807) is 48.5 Å². The number of amides is 1. The van der Waals surface area contributed by atoms with Crippen molar-refractivity contribution in [1.82, 2.24) is 0 Å².